The summed E-state index contributed by atoms with van der Waals surface area (Å²) in [7, 11) is 0. The minimum absolute atomic E-state index is 0.0307. The number of amides is 2. The average Bonchev–Trinajstić information content (AvgIpc) is 3.17. The van der Waals surface area contributed by atoms with Gasteiger partial charge in [0.25, 0.3) is 11.8 Å². The van der Waals surface area contributed by atoms with Gasteiger partial charge in [-0.3, -0.25) is 9.59 Å². The van der Waals surface area contributed by atoms with Crippen LogP contribution in [0.5, 0.6) is 11.5 Å². The first-order valence-corrected chi connectivity index (χ1v) is 9.14. The van der Waals surface area contributed by atoms with Crippen molar-refractivity contribution in [2.45, 2.75) is 25.8 Å². The van der Waals surface area contributed by atoms with E-state index in [1.165, 1.54) is 0 Å². The second kappa shape index (κ2) is 8.58. The van der Waals surface area contributed by atoms with Crippen molar-refractivity contribution in [2.24, 2.45) is 5.73 Å². The van der Waals surface area contributed by atoms with Gasteiger partial charge in [-0.1, -0.05) is 24.3 Å². The van der Waals surface area contributed by atoms with Gasteiger partial charge in [0, 0.05) is 6.54 Å². The summed E-state index contributed by atoms with van der Waals surface area (Å²) in [5, 5.41) is 0. The SMILES string of the molecule is CCOc1ccc(C2CCCN2C(=O)COc2ccccc2C(N)=O)cc1. The third-order valence-corrected chi connectivity index (χ3v) is 4.65. The van der Waals surface area contributed by atoms with Crippen LogP contribution in [0.3, 0.4) is 0 Å². The van der Waals surface area contributed by atoms with Crippen LogP contribution in [-0.2, 0) is 4.79 Å². The largest absolute Gasteiger partial charge is 0.494 e. The van der Waals surface area contributed by atoms with Crippen LogP contribution in [0, 0.1) is 0 Å². The molecular weight excluding hydrogens is 344 g/mol. The maximum atomic E-state index is 12.7. The highest BCUT2D eigenvalue weighted by atomic mass is 16.5. The van der Waals surface area contributed by atoms with E-state index < -0.39 is 5.91 Å². The molecule has 0 aliphatic carbocycles. The Hall–Kier alpha value is -3.02. The van der Waals surface area contributed by atoms with Crippen LogP contribution < -0.4 is 15.2 Å². The van der Waals surface area contributed by atoms with Gasteiger partial charge in [0.15, 0.2) is 6.61 Å². The number of rotatable bonds is 7. The molecule has 0 aromatic heterocycles. The molecule has 6 nitrogen and oxygen atoms in total. The number of hydrogen-bond donors (Lipinski definition) is 1. The molecule has 2 aromatic rings. The molecule has 3 rings (SSSR count). The second-order valence-electron chi connectivity index (χ2n) is 6.40. The number of carbonyl (C=O) groups excluding carboxylic acids is 2. The van der Waals surface area contributed by atoms with Crippen LogP contribution in [0.15, 0.2) is 48.5 Å². The Labute approximate surface area is 158 Å². The lowest BCUT2D eigenvalue weighted by atomic mass is 10.0. The number of primary amides is 1. The summed E-state index contributed by atoms with van der Waals surface area (Å²) in [4.78, 5) is 26.0. The van der Waals surface area contributed by atoms with Crippen molar-refractivity contribution in [1.82, 2.24) is 4.90 Å². The van der Waals surface area contributed by atoms with Crippen molar-refractivity contribution in [3.63, 3.8) is 0 Å². The van der Waals surface area contributed by atoms with E-state index in [9.17, 15) is 9.59 Å². The maximum absolute atomic E-state index is 12.7. The van der Waals surface area contributed by atoms with Crippen molar-refractivity contribution in [1.29, 1.82) is 0 Å². The Bertz CT molecular complexity index is 804. The van der Waals surface area contributed by atoms with E-state index in [0.29, 0.717) is 18.9 Å². The first-order valence-electron chi connectivity index (χ1n) is 9.14. The average molecular weight is 368 g/mol. The second-order valence-corrected chi connectivity index (χ2v) is 6.40. The number of nitrogens with zero attached hydrogens (tertiary/aromatic N) is 1. The Balaban J connectivity index is 1.66. The summed E-state index contributed by atoms with van der Waals surface area (Å²) in [6.07, 6.45) is 1.86. The Morgan fingerprint density at radius 3 is 2.56 bits per heavy atom. The van der Waals surface area contributed by atoms with E-state index in [4.69, 9.17) is 15.2 Å². The van der Waals surface area contributed by atoms with E-state index in [1.54, 1.807) is 24.3 Å². The van der Waals surface area contributed by atoms with Crippen molar-refractivity contribution < 1.29 is 19.1 Å². The fraction of sp³-hybridized carbons (Fsp3) is 0.333. The van der Waals surface area contributed by atoms with Gasteiger partial charge in [-0.15, -0.1) is 0 Å². The molecule has 1 aliphatic rings. The number of hydrogen-bond acceptors (Lipinski definition) is 4. The molecule has 1 heterocycles. The predicted molar refractivity (Wildman–Crippen MR) is 102 cm³/mol. The Kier molecular flexibility index (Phi) is 5.96. The molecule has 27 heavy (non-hydrogen) atoms. The molecule has 142 valence electrons. The monoisotopic (exact) mass is 368 g/mol. The molecular formula is C21H24N2O4. The zero-order chi connectivity index (χ0) is 19.2. The first kappa shape index (κ1) is 18.8. The molecule has 0 radical (unpaired) electrons. The van der Waals surface area contributed by atoms with Gasteiger partial charge >= 0.3 is 0 Å². The summed E-state index contributed by atoms with van der Waals surface area (Å²) in [5.41, 5.74) is 6.71. The first-order chi connectivity index (χ1) is 13.1. The number of para-hydroxylation sites is 1. The third kappa shape index (κ3) is 4.39. The van der Waals surface area contributed by atoms with Crippen LogP contribution >= 0.6 is 0 Å². The summed E-state index contributed by atoms with van der Waals surface area (Å²) < 4.78 is 11.1. The van der Waals surface area contributed by atoms with Crippen molar-refractivity contribution in [2.75, 3.05) is 19.8 Å². The summed E-state index contributed by atoms with van der Waals surface area (Å²) in [6.45, 7) is 3.13. The number of likely N-dealkylation sites (tertiary alicyclic amines) is 1. The molecule has 1 saturated heterocycles. The van der Waals surface area contributed by atoms with Crippen molar-refractivity contribution in [3.05, 3.63) is 59.7 Å². The molecule has 6 heteroatoms. The lowest BCUT2D eigenvalue weighted by Crippen LogP contribution is -2.34. The highest BCUT2D eigenvalue weighted by molar-refractivity contribution is 5.95. The van der Waals surface area contributed by atoms with Gasteiger partial charge < -0.3 is 20.1 Å². The quantitative estimate of drug-likeness (QED) is 0.815. The van der Waals surface area contributed by atoms with Gasteiger partial charge in [-0.25, -0.2) is 0 Å². The minimum Gasteiger partial charge on any atom is -0.494 e. The van der Waals surface area contributed by atoms with E-state index >= 15 is 0 Å². The van der Waals surface area contributed by atoms with Gasteiger partial charge in [0.05, 0.1) is 18.2 Å². The zero-order valence-corrected chi connectivity index (χ0v) is 15.4. The third-order valence-electron chi connectivity index (χ3n) is 4.65. The zero-order valence-electron chi connectivity index (χ0n) is 15.4. The van der Waals surface area contributed by atoms with Crippen LogP contribution in [-0.4, -0.2) is 36.5 Å². The predicted octanol–water partition coefficient (Wildman–Crippen LogP) is 2.93. The number of benzene rings is 2. The molecule has 1 aliphatic heterocycles. The van der Waals surface area contributed by atoms with Crippen molar-refractivity contribution in [3.8, 4) is 11.5 Å². The number of nitrogens with two attached hydrogens (primary N) is 1. The minimum atomic E-state index is -0.577. The van der Waals surface area contributed by atoms with Gasteiger partial charge in [0.2, 0.25) is 0 Å². The summed E-state index contributed by atoms with van der Waals surface area (Å²) in [6, 6.07) is 14.6. The lowest BCUT2D eigenvalue weighted by Gasteiger charge is -2.25. The molecule has 0 spiro atoms. The topological polar surface area (TPSA) is 81.9 Å². The fourth-order valence-corrected chi connectivity index (χ4v) is 3.38. The summed E-state index contributed by atoms with van der Waals surface area (Å²) >= 11 is 0. The molecule has 2 aromatic carbocycles. The highest BCUT2D eigenvalue weighted by Gasteiger charge is 2.30. The van der Waals surface area contributed by atoms with Crippen LogP contribution in [0.25, 0.3) is 0 Å². The molecule has 0 bridgehead atoms. The molecule has 0 saturated carbocycles. The van der Waals surface area contributed by atoms with Crippen LogP contribution in [0.4, 0.5) is 0 Å². The molecule has 2 N–H and O–H groups in total. The molecule has 2 amide bonds. The van der Waals surface area contributed by atoms with E-state index in [0.717, 1.165) is 24.2 Å². The molecule has 1 unspecified atom stereocenters. The fourth-order valence-electron chi connectivity index (χ4n) is 3.38. The van der Waals surface area contributed by atoms with Crippen LogP contribution in [0.2, 0.25) is 0 Å². The standard InChI is InChI=1S/C21H24N2O4/c1-2-26-16-11-9-15(10-12-16)18-7-5-13-23(18)20(24)14-27-19-8-4-3-6-17(19)21(22)25/h3-4,6,8-12,18H,2,5,7,13-14H2,1H3,(H2,22,25). The van der Waals surface area contributed by atoms with Crippen LogP contribution in [0.1, 0.15) is 41.7 Å². The van der Waals surface area contributed by atoms with Gasteiger partial charge in [0.1, 0.15) is 11.5 Å². The molecule has 1 atom stereocenters. The normalized spacial score (nSPS) is 16.2. The highest BCUT2D eigenvalue weighted by Crippen LogP contribution is 2.33. The van der Waals surface area contributed by atoms with Gasteiger partial charge in [-0.2, -0.15) is 0 Å². The van der Waals surface area contributed by atoms with E-state index in [-0.39, 0.29) is 24.1 Å². The van der Waals surface area contributed by atoms with Crippen molar-refractivity contribution >= 4 is 11.8 Å². The smallest absolute Gasteiger partial charge is 0.261 e. The lowest BCUT2D eigenvalue weighted by molar-refractivity contribution is -0.134. The van der Waals surface area contributed by atoms with E-state index in [1.807, 2.05) is 36.1 Å². The number of carbonyl (C=O) groups is 2. The Morgan fingerprint density at radius 1 is 1.11 bits per heavy atom. The Morgan fingerprint density at radius 2 is 1.85 bits per heavy atom. The summed E-state index contributed by atoms with van der Waals surface area (Å²) in [5.74, 6) is 0.468. The number of ether oxygens (including phenoxy) is 2. The molecule has 1 fully saturated rings. The maximum Gasteiger partial charge on any atom is 0.261 e. The van der Waals surface area contributed by atoms with Gasteiger partial charge in [-0.05, 0) is 49.6 Å². The van der Waals surface area contributed by atoms with E-state index in [2.05, 4.69) is 0 Å².